The molecule has 2 heterocycles. The first-order valence-corrected chi connectivity index (χ1v) is 9.72. The third-order valence-corrected chi connectivity index (χ3v) is 5.21. The molecule has 1 unspecified atom stereocenters. The lowest BCUT2D eigenvalue weighted by Crippen LogP contribution is -2.30. The number of anilines is 1. The van der Waals surface area contributed by atoms with E-state index in [1.165, 1.54) is 12.1 Å². The molecule has 174 valence electrons. The van der Waals surface area contributed by atoms with E-state index in [0.29, 0.717) is 30.3 Å². The summed E-state index contributed by atoms with van der Waals surface area (Å²) in [5.41, 5.74) is 2.87. The number of aromatic nitrogens is 2. The van der Waals surface area contributed by atoms with E-state index in [-0.39, 0.29) is 36.1 Å². The second kappa shape index (κ2) is 11.0. The number of benzene rings is 2. The van der Waals surface area contributed by atoms with Gasteiger partial charge in [0.1, 0.15) is 0 Å². The fraction of sp³-hybridized carbons (Fsp3) is 0.182. The highest BCUT2D eigenvalue weighted by Gasteiger charge is 2.34. The van der Waals surface area contributed by atoms with Crippen LogP contribution in [0.15, 0.2) is 72.1 Å². The van der Waals surface area contributed by atoms with Gasteiger partial charge in [-0.3, -0.25) is 10.1 Å². The number of nitrogens with one attached hydrogen (secondary N) is 2. The van der Waals surface area contributed by atoms with E-state index < -0.39 is 16.9 Å². The molecule has 33 heavy (non-hydrogen) atoms. The normalized spacial score (nSPS) is 14.4. The Balaban J connectivity index is 0.00000193. The number of imidazole rings is 1. The summed E-state index contributed by atoms with van der Waals surface area (Å²) >= 11 is 0. The van der Waals surface area contributed by atoms with E-state index in [1.807, 2.05) is 30.3 Å². The van der Waals surface area contributed by atoms with E-state index in [0.717, 1.165) is 11.3 Å². The van der Waals surface area contributed by atoms with E-state index in [9.17, 15) is 20.0 Å². The number of allylic oxidation sites excluding steroid dienone is 1. The number of halogens is 2. The zero-order valence-electron chi connectivity index (χ0n) is 17.6. The number of carboxylic acid groups (broad SMARTS) is 1. The summed E-state index contributed by atoms with van der Waals surface area (Å²) in [4.78, 5) is 27.3. The number of hydrogen-bond acceptors (Lipinski definition) is 6. The fourth-order valence-electron chi connectivity index (χ4n) is 3.81. The molecule has 1 aromatic heterocycles. The molecule has 11 heteroatoms. The van der Waals surface area contributed by atoms with Crippen molar-refractivity contribution in [2.45, 2.75) is 26.1 Å². The molecule has 0 fully saturated rings. The van der Waals surface area contributed by atoms with Crippen LogP contribution in [0.4, 0.5) is 11.6 Å². The minimum atomic E-state index is -1.09. The number of carbonyl (C=O) groups is 1. The number of fused-ring (bicyclic) bond motifs is 1. The molecule has 0 radical (unpaired) electrons. The highest BCUT2D eigenvalue weighted by atomic mass is 35.5. The van der Waals surface area contributed by atoms with Crippen molar-refractivity contribution >= 4 is 42.4 Å². The number of nitro benzene ring substituents is 1. The first kappa shape index (κ1) is 25.9. The number of carboxylic acids is 1. The standard InChI is InChI=1S/C22H21N5O4.2ClH/c1-14-19(21(28)29)20(16-8-5-9-17(10-16)27(30)31)26-18(13-24-22(26)25-14)12-23-11-15-6-3-2-4-7-15;;/h2-10,13,20,23H,11-12H2,1H3,(H,24,25)(H,28,29);2*1H. The molecular weight excluding hydrogens is 469 g/mol. The number of non-ortho nitro benzene ring substituents is 1. The fourth-order valence-corrected chi connectivity index (χ4v) is 3.81. The molecule has 2 aromatic carbocycles. The van der Waals surface area contributed by atoms with E-state index >= 15 is 0 Å². The smallest absolute Gasteiger partial charge is 0.335 e. The van der Waals surface area contributed by atoms with Crippen LogP contribution in [0.2, 0.25) is 0 Å². The predicted molar refractivity (Wildman–Crippen MR) is 129 cm³/mol. The third kappa shape index (κ3) is 5.33. The average Bonchev–Trinajstić information content (AvgIpc) is 3.15. The quantitative estimate of drug-likeness (QED) is 0.332. The largest absolute Gasteiger partial charge is 0.478 e. The highest BCUT2D eigenvalue weighted by Crippen LogP contribution is 2.38. The first-order valence-electron chi connectivity index (χ1n) is 9.72. The van der Waals surface area contributed by atoms with Gasteiger partial charge in [-0.1, -0.05) is 42.5 Å². The van der Waals surface area contributed by atoms with E-state index in [1.54, 1.807) is 29.8 Å². The molecule has 0 bridgehead atoms. The molecule has 1 aliphatic rings. The molecule has 0 spiro atoms. The number of nitro groups is 1. The van der Waals surface area contributed by atoms with Gasteiger partial charge >= 0.3 is 5.97 Å². The van der Waals surface area contributed by atoms with Crippen molar-refractivity contribution in [1.29, 1.82) is 0 Å². The van der Waals surface area contributed by atoms with Crippen molar-refractivity contribution in [3.05, 3.63) is 99.0 Å². The Hall–Kier alpha value is -3.40. The van der Waals surface area contributed by atoms with Crippen molar-refractivity contribution < 1.29 is 14.8 Å². The molecule has 1 aliphatic heterocycles. The van der Waals surface area contributed by atoms with Gasteiger partial charge in [-0.15, -0.1) is 24.8 Å². The van der Waals surface area contributed by atoms with E-state index in [4.69, 9.17) is 0 Å². The van der Waals surface area contributed by atoms with Gasteiger partial charge in [0.15, 0.2) is 0 Å². The average molecular weight is 492 g/mol. The first-order chi connectivity index (χ1) is 15.0. The van der Waals surface area contributed by atoms with Crippen LogP contribution >= 0.6 is 24.8 Å². The van der Waals surface area contributed by atoms with Gasteiger partial charge in [0.25, 0.3) is 5.69 Å². The summed E-state index contributed by atoms with van der Waals surface area (Å²) in [6.45, 7) is 2.75. The topological polar surface area (TPSA) is 122 Å². The van der Waals surface area contributed by atoms with E-state index in [2.05, 4.69) is 15.6 Å². The molecule has 0 amide bonds. The Morgan fingerprint density at radius 1 is 1.18 bits per heavy atom. The minimum absolute atomic E-state index is 0. The van der Waals surface area contributed by atoms with Crippen molar-refractivity contribution in [2.24, 2.45) is 0 Å². The Labute approximate surface area is 202 Å². The minimum Gasteiger partial charge on any atom is -0.478 e. The SMILES string of the molecule is CC1=C(C(=O)O)C(c2cccc([N+](=O)[O-])c2)n2c(CNCc3ccccc3)cnc2N1.Cl.Cl. The Bertz CT molecular complexity index is 1180. The van der Waals surface area contributed by atoms with Crippen LogP contribution < -0.4 is 10.6 Å². The van der Waals surface area contributed by atoms with Gasteiger partial charge < -0.3 is 20.3 Å². The lowest BCUT2D eigenvalue weighted by Gasteiger charge is -2.30. The van der Waals surface area contributed by atoms with Gasteiger partial charge in [0, 0.05) is 30.9 Å². The third-order valence-electron chi connectivity index (χ3n) is 5.21. The van der Waals surface area contributed by atoms with Gasteiger partial charge in [-0.2, -0.15) is 0 Å². The molecule has 3 aromatic rings. The summed E-state index contributed by atoms with van der Waals surface area (Å²) in [7, 11) is 0. The van der Waals surface area contributed by atoms with Gasteiger partial charge in [0.05, 0.1) is 28.4 Å². The Morgan fingerprint density at radius 3 is 2.58 bits per heavy atom. The molecule has 4 rings (SSSR count). The van der Waals surface area contributed by atoms with Gasteiger partial charge in [0.2, 0.25) is 5.95 Å². The molecule has 3 N–H and O–H groups in total. The maximum atomic E-state index is 12.1. The molecule has 0 saturated heterocycles. The van der Waals surface area contributed by atoms with Crippen LogP contribution in [0.3, 0.4) is 0 Å². The second-order valence-electron chi connectivity index (χ2n) is 7.26. The Morgan fingerprint density at radius 2 is 1.91 bits per heavy atom. The summed E-state index contributed by atoms with van der Waals surface area (Å²) in [6.07, 6.45) is 1.68. The molecule has 0 aliphatic carbocycles. The molecular formula is C22H23Cl2N5O4. The predicted octanol–water partition coefficient (Wildman–Crippen LogP) is 4.30. The summed E-state index contributed by atoms with van der Waals surface area (Å²) in [5, 5.41) is 27.6. The van der Waals surface area contributed by atoms with Crippen LogP contribution in [0, 0.1) is 10.1 Å². The van der Waals surface area contributed by atoms with Crippen LogP contribution in [-0.4, -0.2) is 25.6 Å². The summed E-state index contributed by atoms with van der Waals surface area (Å²) in [6, 6.07) is 15.2. The van der Waals surface area contributed by atoms with Crippen LogP contribution in [0.1, 0.15) is 29.8 Å². The van der Waals surface area contributed by atoms with Crippen molar-refractivity contribution in [3.8, 4) is 0 Å². The summed E-state index contributed by atoms with van der Waals surface area (Å²) in [5.74, 6) is -0.598. The molecule has 9 nitrogen and oxygen atoms in total. The van der Waals surface area contributed by atoms with Crippen LogP contribution in [-0.2, 0) is 17.9 Å². The van der Waals surface area contributed by atoms with Gasteiger partial charge in [-0.25, -0.2) is 9.78 Å². The number of aliphatic carboxylic acids is 1. The number of hydrogen-bond donors (Lipinski definition) is 3. The molecule has 1 atom stereocenters. The number of nitrogens with zero attached hydrogens (tertiary/aromatic N) is 3. The zero-order chi connectivity index (χ0) is 22.0. The zero-order valence-corrected chi connectivity index (χ0v) is 19.2. The lowest BCUT2D eigenvalue weighted by atomic mass is 9.94. The van der Waals surface area contributed by atoms with Crippen molar-refractivity contribution in [3.63, 3.8) is 0 Å². The molecule has 0 saturated carbocycles. The maximum absolute atomic E-state index is 12.1. The Kier molecular flexibility index (Phi) is 8.58. The number of rotatable bonds is 7. The maximum Gasteiger partial charge on any atom is 0.335 e. The van der Waals surface area contributed by atoms with Crippen LogP contribution in [0.5, 0.6) is 0 Å². The second-order valence-corrected chi connectivity index (χ2v) is 7.26. The monoisotopic (exact) mass is 491 g/mol. The lowest BCUT2D eigenvalue weighted by molar-refractivity contribution is -0.384. The highest BCUT2D eigenvalue weighted by molar-refractivity contribution is 5.91. The van der Waals surface area contributed by atoms with Gasteiger partial charge in [-0.05, 0) is 18.1 Å². The van der Waals surface area contributed by atoms with Crippen molar-refractivity contribution in [2.75, 3.05) is 5.32 Å². The van der Waals surface area contributed by atoms with Crippen LogP contribution in [0.25, 0.3) is 0 Å². The van der Waals surface area contributed by atoms with Crippen molar-refractivity contribution in [1.82, 2.24) is 14.9 Å². The summed E-state index contributed by atoms with van der Waals surface area (Å²) < 4.78 is 1.79.